The molecule has 0 nitrogen and oxygen atoms in total. The number of hydrogen-bond acceptors (Lipinski definition) is 0. The van der Waals surface area contributed by atoms with Crippen LogP contribution in [0, 0.1) is 0 Å². The van der Waals surface area contributed by atoms with Crippen LogP contribution in [-0.2, 0) is 13.0 Å². The van der Waals surface area contributed by atoms with Gasteiger partial charge in [-0.1, -0.05) is 31.7 Å². The van der Waals surface area contributed by atoms with Gasteiger partial charge in [0.15, 0.2) is 0 Å². The van der Waals surface area contributed by atoms with E-state index < -0.39 is 13.0 Å². The molecule has 0 aliphatic rings. The fourth-order valence-electron chi connectivity index (χ4n) is 0.232. The first-order chi connectivity index (χ1) is 4.65. The Labute approximate surface area is 79.9 Å². The van der Waals surface area contributed by atoms with Crippen molar-refractivity contribution in [1.29, 1.82) is 0 Å². The Morgan fingerprint density at radius 1 is 1.40 bits per heavy atom. The van der Waals surface area contributed by atoms with Gasteiger partial charge in [-0.25, -0.2) is 0 Å². The Kier molecular flexibility index (Phi) is 17.1. The molecule has 4 heteroatoms. The van der Waals surface area contributed by atoms with Crippen LogP contribution in [0.5, 0.6) is 0 Å². The average Bonchev–Trinajstić information content (AvgIpc) is 1.82. The summed E-state index contributed by atoms with van der Waals surface area (Å²) in [6.07, 6.45) is 6.89. The van der Waals surface area contributed by atoms with Crippen molar-refractivity contribution < 1.29 is 13.0 Å². The molecule has 0 aliphatic heterocycles. The Balaban J connectivity index is 0. The van der Waals surface area contributed by atoms with Crippen LogP contribution in [-0.4, -0.2) is 0 Å². The fraction of sp³-hybridized carbons (Fsp3) is 0.333. The summed E-state index contributed by atoms with van der Waals surface area (Å²) in [5, 5.41) is 0. The van der Waals surface area contributed by atoms with Gasteiger partial charge in [-0.3, -0.25) is 0 Å². The van der Waals surface area contributed by atoms with E-state index in [0.717, 1.165) is 6.42 Å². The summed E-state index contributed by atoms with van der Waals surface area (Å²) in [4.78, 5) is 0. The van der Waals surface area contributed by atoms with Crippen LogP contribution < -0.4 is 0 Å². The van der Waals surface area contributed by atoms with E-state index in [1.54, 1.807) is 6.08 Å². The van der Waals surface area contributed by atoms with Gasteiger partial charge in [-0.05, 0) is 6.42 Å². The van der Waals surface area contributed by atoms with E-state index in [0.29, 0.717) is 0 Å². The van der Waals surface area contributed by atoms with E-state index in [1.807, 2.05) is 6.08 Å². The zero-order chi connectivity index (χ0) is 8.41. The first kappa shape index (κ1) is 13.6. The molecule has 0 radical (unpaired) electrons. The van der Waals surface area contributed by atoms with Gasteiger partial charge in [0, 0.05) is 0 Å². The van der Waals surface area contributed by atoms with Gasteiger partial charge in [-0.2, -0.15) is 0 Å². The Morgan fingerprint density at radius 3 is 1.90 bits per heavy atom. The molecule has 0 heterocycles. The van der Waals surface area contributed by atoms with E-state index in [4.69, 9.17) is 29.1 Å². The summed E-state index contributed by atoms with van der Waals surface area (Å²) in [7, 11) is 14.8. The zero-order valence-electron chi connectivity index (χ0n) is 5.61. The molecule has 64 valence electrons. The van der Waals surface area contributed by atoms with Crippen molar-refractivity contribution in [2.45, 2.75) is 13.3 Å². The van der Waals surface area contributed by atoms with Crippen molar-refractivity contribution in [3.8, 4) is 0 Å². The van der Waals surface area contributed by atoms with E-state index in [-0.39, 0.29) is 0 Å². The molecule has 0 spiro atoms. The summed E-state index contributed by atoms with van der Waals surface area (Å²) >= 11 is -1.66. The van der Waals surface area contributed by atoms with Gasteiger partial charge in [0.05, 0.1) is 0 Å². The van der Waals surface area contributed by atoms with Crippen molar-refractivity contribution in [2.75, 3.05) is 0 Å². The van der Waals surface area contributed by atoms with Gasteiger partial charge in [0.25, 0.3) is 0 Å². The maximum absolute atomic E-state index is 4.94. The standard InChI is InChI=1S/C6H10.3ClH.Rh/c1-3-5-6-4-2;;;;/h3,5-6H,1,4H2,2H3;3*1H;/q;;;;+3/p-3. The van der Waals surface area contributed by atoms with Crippen molar-refractivity contribution >= 4 is 29.1 Å². The second-order valence-electron chi connectivity index (χ2n) is 1.21. The average molecular weight is 291 g/mol. The Bertz CT molecular complexity index is 88.2. The Morgan fingerprint density at radius 2 is 1.80 bits per heavy atom. The van der Waals surface area contributed by atoms with Gasteiger partial charge in [-0.15, -0.1) is 0 Å². The quantitative estimate of drug-likeness (QED) is 0.528. The number of rotatable bonds is 2. The van der Waals surface area contributed by atoms with E-state index in [1.165, 1.54) is 0 Å². The van der Waals surface area contributed by atoms with E-state index >= 15 is 0 Å². The minimum absolute atomic E-state index is 1.10. The zero-order valence-corrected chi connectivity index (χ0v) is 9.52. The molecule has 0 aromatic carbocycles. The molecule has 0 unspecified atom stereocenters. The van der Waals surface area contributed by atoms with Crippen LogP contribution in [0.25, 0.3) is 0 Å². The second kappa shape index (κ2) is 12.6. The molecule has 0 N–H and O–H groups in total. The maximum atomic E-state index is 4.94. The predicted molar refractivity (Wildman–Crippen MR) is 47.2 cm³/mol. The van der Waals surface area contributed by atoms with Gasteiger partial charge in [0.1, 0.15) is 0 Å². The molecule has 0 saturated carbocycles. The van der Waals surface area contributed by atoms with Crippen molar-refractivity contribution in [3.05, 3.63) is 24.8 Å². The summed E-state index contributed by atoms with van der Waals surface area (Å²) in [5.41, 5.74) is 0. The first-order valence-corrected chi connectivity index (χ1v) is 8.90. The molecule has 0 aromatic rings. The van der Waals surface area contributed by atoms with Crippen LogP contribution in [0.15, 0.2) is 24.8 Å². The summed E-state index contributed by atoms with van der Waals surface area (Å²) in [5.74, 6) is 0. The summed E-state index contributed by atoms with van der Waals surface area (Å²) < 4.78 is 0. The van der Waals surface area contributed by atoms with Crippen LogP contribution in [0.3, 0.4) is 0 Å². The Hall–Kier alpha value is 0.973. The van der Waals surface area contributed by atoms with E-state index in [2.05, 4.69) is 19.6 Å². The second-order valence-corrected chi connectivity index (χ2v) is 8.68. The molecular formula is C6H10Cl3Rh. The molecule has 0 atom stereocenters. The first-order valence-electron chi connectivity index (χ1n) is 2.57. The molecule has 0 rings (SSSR count). The number of halogens is 3. The van der Waals surface area contributed by atoms with Crippen LogP contribution in [0.2, 0.25) is 0 Å². The van der Waals surface area contributed by atoms with Gasteiger partial charge >= 0.3 is 42.1 Å². The molecule has 0 fully saturated rings. The predicted octanol–water partition coefficient (Wildman–Crippen LogP) is 4.20. The summed E-state index contributed by atoms with van der Waals surface area (Å²) in [6, 6.07) is 0. The van der Waals surface area contributed by atoms with Crippen LogP contribution >= 0.6 is 29.1 Å². The number of hydrogen-bond donors (Lipinski definition) is 0. The molecular weight excluding hydrogens is 281 g/mol. The summed E-state index contributed by atoms with van der Waals surface area (Å²) in [6.45, 7) is 5.61. The molecule has 10 heavy (non-hydrogen) atoms. The molecule has 0 aliphatic carbocycles. The molecule has 0 amide bonds. The molecule has 0 bridgehead atoms. The topological polar surface area (TPSA) is 0 Å². The molecule has 0 aromatic heterocycles. The van der Waals surface area contributed by atoms with Crippen LogP contribution in [0.4, 0.5) is 0 Å². The van der Waals surface area contributed by atoms with Crippen molar-refractivity contribution in [3.63, 3.8) is 0 Å². The van der Waals surface area contributed by atoms with Gasteiger partial charge < -0.3 is 0 Å². The normalized spacial score (nSPS) is 10.2. The van der Waals surface area contributed by atoms with Crippen molar-refractivity contribution in [2.24, 2.45) is 0 Å². The van der Waals surface area contributed by atoms with Gasteiger partial charge in [0.2, 0.25) is 0 Å². The van der Waals surface area contributed by atoms with E-state index in [9.17, 15) is 0 Å². The number of allylic oxidation sites excluding steroid dienone is 3. The minimum atomic E-state index is -1.66. The fourth-order valence-corrected chi connectivity index (χ4v) is 0.232. The third-order valence-electron chi connectivity index (χ3n) is 0.508. The third-order valence-corrected chi connectivity index (χ3v) is 0.508. The monoisotopic (exact) mass is 290 g/mol. The third kappa shape index (κ3) is 36.1. The molecule has 0 saturated heterocycles. The van der Waals surface area contributed by atoms with Crippen molar-refractivity contribution in [1.82, 2.24) is 0 Å². The van der Waals surface area contributed by atoms with Crippen LogP contribution in [0.1, 0.15) is 13.3 Å². The SMILES string of the molecule is C=CC=CCC.[Cl][Rh]([Cl])[Cl].